The molecule has 0 aliphatic carbocycles. The first kappa shape index (κ1) is 17.5. The molecule has 0 aliphatic rings. The number of allylic oxidation sites excluding steroid dienone is 1. The number of furan rings is 1. The van der Waals surface area contributed by atoms with Crippen LogP contribution in [0.15, 0.2) is 59.3 Å². The highest BCUT2D eigenvalue weighted by atomic mass is 16.5. The topological polar surface area (TPSA) is 66.5 Å². The fourth-order valence-electron chi connectivity index (χ4n) is 2.32. The number of nitrogens with zero attached hydrogens (tertiary/aromatic N) is 2. The zero-order valence-electron chi connectivity index (χ0n) is 14.7. The molecule has 6 heteroatoms. The molecule has 3 aromatic rings. The van der Waals surface area contributed by atoms with Crippen LogP contribution in [0.4, 0.5) is 0 Å². The largest absolute Gasteiger partial charge is 0.494 e. The van der Waals surface area contributed by atoms with Gasteiger partial charge in [0.15, 0.2) is 5.78 Å². The minimum absolute atomic E-state index is 0.123. The third-order valence-corrected chi connectivity index (χ3v) is 3.59. The number of hydrogen-bond donors (Lipinski definition) is 0. The number of ketones is 1. The van der Waals surface area contributed by atoms with Crippen LogP contribution in [0.2, 0.25) is 0 Å². The van der Waals surface area contributed by atoms with Gasteiger partial charge in [0.05, 0.1) is 18.4 Å². The van der Waals surface area contributed by atoms with Gasteiger partial charge in [0.1, 0.15) is 29.6 Å². The molecule has 6 nitrogen and oxygen atoms in total. The molecule has 0 amide bonds. The third-order valence-electron chi connectivity index (χ3n) is 3.59. The van der Waals surface area contributed by atoms with Crippen LogP contribution in [0.1, 0.15) is 28.8 Å². The normalized spacial score (nSPS) is 11.0. The lowest BCUT2D eigenvalue weighted by molar-refractivity contribution is 0.104. The first-order valence-corrected chi connectivity index (χ1v) is 8.29. The van der Waals surface area contributed by atoms with E-state index in [-0.39, 0.29) is 5.78 Å². The lowest BCUT2D eigenvalue weighted by atomic mass is 10.2. The fourth-order valence-corrected chi connectivity index (χ4v) is 2.32. The maximum absolute atomic E-state index is 12.0. The van der Waals surface area contributed by atoms with Crippen LogP contribution in [0.5, 0.6) is 11.5 Å². The second kappa shape index (κ2) is 8.20. The summed E-state index contributed by atoms with van der Waals surface area (Å²) in [6, 6.07) is 11.0. The van der Waals surface area contributed by atoms with Crippen molar-refractivity contribution >= 4 is 11.9 Å². The van der Waals surface area contributed by atoms with Crippen molar-refractivity contribution in [1.29, 1.82) is 0 Å². The van der Waals surface area contributed by atoms with Crippen LogP contribution in [0.25, 0.3) is 6.08 Å². The van der Waals surface area contributed by atoms with E-state index in [2.05, 4.69) is 5.10 Å². The van der Waals surface area contributed by atoms with Gasteiger partial charge in [-0.15, -0.1) is 0 Å². The van der Waals surface area contributed by atoms with E-state index in [1.54, 1.807) is 30.1 Å². The Morgan fingerprint density at radius 1 is 1.15 bits per heavy atom. The van der Waals surface area contributed by atoms with Gasteiger partial charge in [0, 0.05) is 13.2 Å². The number of carbonyl (C=O) groups excluding carboxylic acids is 1. The Labute approximate surface area is 151 Å². The van der Waals surface area contributed by atoms with Crippen LogP contribution in [-0.2, 0) is 13.7 Å². The van der Waals surface area contributed by atoms with Crippen molar-refractivity contribution in [2.24, 2.45) is 7.05 Å². The summed E-state index contributed by atoms with van der Waals surface area (Å²) in [4.78, 5) is 12.0. The van der Waals surface area contributed by atoms with E-state index in [9.17, 15) is 4.79 Å². The van der Waals surface area contributed by atoms with Crippen molar-refractivity contribution in [3.63, 3.8) is 0 Å². The molecule has 3 rings (SSSR count). The number of ether oxygens (including phenoxy) is 2. The average Bonchev–Trinajstić information content (AvgIpc) is 3.28. The summed E-state index contributed by atoms with van der Waals surface area (Å²) >= 11 is 0. The molecule has 134 valence electrons. The van der Waals surface area contributed by atoms with E-state index >= 15 is 0 Å². The van der Waals surface area contributed by atoms with Crippen molar-refractivity contribution in [2.75, 3.05) is 6.61 Å². The molecule has 0 saturated heterocycles. The zero-order valence-corrected chi connectivity index (χ0v) is 14.7. The van der Waals surface area contributed by atoms with Gasteiger partial charge < -0.3 is 13.9 Å². The molecule has 26 heavy (non-hydrogen) atoms. The van der Waals surface area contributed by atoms with E-state index in [1.165, 1.54) is 12.3 Å². The van der Waals surface area contributed by atoms with E-state index in [0.29, 0.717) is 30.3 Å². The molecule has 0 unspecified atom stereocenters. The van der Waals surface area contributed by atoms with Gasteiger partial charge in [-0.3, -0.25) is 9.48 Å². The van der Waals surface area contributed by atoms with Gasteiger partial charge >= 0.3 is 0 Å². The smallest absolute Gasteiger partial charge is 0.189 e. The second-order valence-electron chi connectivity index (χ2n) is 5.60. The second-order valence-corrected chi connectivity index (χ2v) is 5.60. The molecular formula is C20H20N2O4. The molecule has 0 radical (unpaired) electrons. The molecule has 0 saturated carbocycles. The molecule has 2 aromatic heterocycles. The molecule has 0 aliphatic heterocycles. The maximum atomic E-state index is 12.0. The standard InChI is InChI=1S/C20H20N2O4/c1-3-24-16-4-6-17(7-5-16)25-14-19-9-8-18(26-19)10-11-20(23)15-12-21-22(2)13-15/h4-13H,3,14H2,1-2H3/b11-10+. The van der Waals surface area contributed by atoms with E-state index < -0.39 is 0 Å². The number of benzene rings is 1. The highest BCUT2D eigenvalue weighted by Gasteiger charge is 2.05. The summed E-state index contributed by atoms with van der Waals surface area (Å²) in [7, 11) is 1.77. The van der Waals surface area contributed by atoms with E-state index in [1.807, 2.05) is 37.3 Å². The van der Waals surface area contributed by atoms with Crippen molar-refractivity contribution in [1.82, 2.24) is 9.78 Å². The highest BCUT2D eigenvalue weighted by molar-refractivity contribution is 6.06. The van der Waals surface area contributed by atoms with Crippen molar-refractivity contribution in [3.8, 4) is 11.5 Å². The van der Waals surface area contributed by atoms with Gasteiger partial charge in [-0.25, -0.2) is 0 Å². The summed E-state index contributed by atoms with van der Waals surface area (Å²) in [6.45, 7) is 2.88. The lowest BCUT2D eigenvalue weighted by Crippen LogP contribution is -1.94. The molecule has 2 heterocycles. The highest BCUT2D eigenvalue weighted by Crippen LogP contribution is 2.19. The molecule has 0 spiro atoms. The molecule has 0 bridgehead atoms. The fraction of sp³-hybridized carbons (Fsp3) is 0.200. The maximum Gasteiger partial charge on any atom is 0.189 e. The van der Waals surface area contributed by atoms with Crippen LogP contribution in [-0.4, -0.2) is 22.2 Å². The minimum Gasteiger partial charge on any atom is -0.494 e. The van der Waals surface area contributed by atoms with Gasteiger partial charge in [-0.1, -0.05) is 0 Å². The Morgan fingerprint density at radius 2 is 1.88 bits per heavy atom. The molecular weight excluding hydrogens is 332 g/mol. The van der Waals surface area contributed by atoms with Gasteiger partial charge in [-0.2, -0.15) is 5.10 Å². The first-order chi connectivity index (χ1) is 12.6. The first-order valence-electron chi connectivity index (χ1n) is 8.29. The Hall–Kier alpha value is -3.28. The molecule has 0 fully saturated rings. The molecule has 1 aromatic carbocycles. The van der Waals surface area contributed by atoms with Crippen molar-refractivity contribution < 1.29 is 18.7 Å². The average molecular weight is 352 g/mol. The van der Waals surface area contributed by atoms with Crippen molar-refractivity contribution in [2.45, 2.75) is 13.5 Å². The Kier molecular flexibility index (Phi) is 5.53. The Morgan fingerprint density at radius 3 is 2.54 bits per heavy atom. The molecule has 0 N–H and O–H groups in total. The van der Waals surface area contributed by atoms with Gasteiger partial charge in [-0.05, 0) is 55.5 Å². The van der Waals surface area contributed by atoms with Gasteiger partial charge in [0.25, 0.3) is 0 Å². The number of aryl methyl sites for hydroxylation is 1. The van der Waals surface area contributed by atoms with Crippen LogP contribution < -0.4 is 9.47 Å². The molecule has 0 atom stereocenters. The number of aromatic nitrogens is 2. The minimum atomic E-state index is -0.123. The Balaban J connectivity index is 1.54. The van der Waals surface area contributed by atoms with Gasteiger partial charge in [0.2, 0.25) is 0 Å². The van der Waals surface area contributed by atoms with Crippen LogP contribution >= 0.6 is 0 Å². The predicted molar refractivity (Wildman–Crippen MR) is 97.2 cm³/mol. The predicted octanol–water partition coefficient (Wildman–Crippen LogP) is 3.89. The summed E-state index contributed by atoms with van der Waals surface area (Å²) in [5.41, 5.74) is 0.536. The third kappa shape index (κ3) is 4.63. The van der Waals surface area contributed by atoms with Crippen LogP contribution in [0.3, 0.4) is 0 Å². The summed E-state index contributed by atoms with van der Waals surface area (Å²) in [5.74, 6) is 2.68. The SMILES string of the molecule is CCOc1ccc(OCc2ccc(/C=C/C(=O)c3cnn(C)c3)o2)cc1. The summed E-state index contributed by atoms with van der Waals surface area (Å²) in [5, 5.41) is 3.98. The summed E-state index contributed by atoms with van der Waals surface area (Å²) in [6.07, 6.45) is 6.30. The monoisotopic (exact) mass is 352 g/mol. The lowest BCUT2D eigenvalue weighted by Gasteiger charge is -2.06. The Bertz CT molecular complexity index is 891. The number of hydrogen-bond acceptors (Lipinski definition) is 5. The zero-order chi connectivity index (χ0) is 18.4. The van der Waals surface area contributed by atoms with Crippen LogP contribution in [0, 0.1) is 0 Å². The van der Waals surface area contributed by atoms with Crippen molar-refractivity contribution in [3.05, 3.63) is 72.0 Å². The number of carbonyl (C=O) groups is 1. The van der Waals surface area contributed by atoms with E-state index in [0.717, 1.165) is 11.5 Å². The number of rotatable bonds is 8. The summed E-state index contributed by atoms with van der Waals surface area (Å²) < 4.78 is 18.3. The van der Waals surface area contributed by atoms with E-state index in [4.69, 9.17) is 13.9 Å². The quantitative estimate of drug-likeness (QED) is 0.454.